The number of aromatic nitrogens is 1. The third-order valence-electron chi connectivity index (χ3n) is 4.05. The van der Waals surface area contributed by atoms with Gasteiger partial charge in [0.1, 0.15) is 10.6 Å². The first-order valence-corrected chi connectivity index (χ1v) is 8.11. The van der Waals surface area contributed by atoms with Crippen molar-refractivity contribution in [1.29, 1.82) is 0 Å². The van der Waals surface area contributed by atoms with Crippen LogP contribution in [0.4, 0.5) is 0 Å². The number of nitrogens with zero attached hydrogens (tertiary/aromatic N) is 2. The van der Waals surface area contributed by atoms with Crippen LogP contribution in [-0.4, -0.2) is 43.1 Å². The molecule has 8 heteroatoms. The zero-order chi connectivity index (χ0) is 13.6. The van der Waals surface area contributed by atoms with E-state index in [0.717, 1.165) is 19.3 Å². The van der Waals surface area contributed by atoms with Crippen LogP contribution in [0.3, 0.4) is 0 Å². The molecule has 0 aliphatic carbocycles. The van der Waals surface area contributed by atoms with Crippen molar-refractivity contribution in [2.24, 2.45) is 0 Å². The van der Waals surface area contributed by atoms with E-state index in [1.165, 1.54) is 0 Å². The summed E-state index contributed by atoms with van der Waals surface area (Å²) >= 11 is 0. The Kier molecular flexibility index (Phi) is 4.44. The van der Waals surface area contributed by atoms with Gasteiger partial charge in [0, 0.05) is 25.2 Å². The maximum absolute atomic E-state index is 12.7. The zero-order valence-corrected chi connectivity index (χ0v) is 13.3. The van der Waals surface area contributed by atoms with E-state index in [4.69, 9.17) is 4.52 Å². The van der Waals surface area contributed by atoms with Gasteiger partial charge >= 0.3 is 0 Å². The standard InChI is InChI=1S/C12H19N3O3S.ClH/c1-8-12(9(2)18-14-8)19(16,17)15-6-5-10-3-4-11(7-15)13-10;/h10-11,13H,3-7H2,1-2H3;1H. The highest BCUT2D eigenvalue weighted by Gasteiger charge is 2.37. The first-order valence-electron chi connectivity index (χ1n) is 6.67. The van der Waals surface area contributed by atoms with Crippen molar-refractivity contribution < 1.29 is 12.9 Å². The smallest absolute Gasteiger partial charge is 0.248 e. The molecule has 114 valence electrons. The van der Waals surface area contributed by atoms with Crippen molar-refractivity contribution >= 4 is 22.4 Å². The van der Waals surface area contributed by atoms with Gasteiger partial charge in [-0.05, 0) is 33.1 Å². The number of sulfonamides is 1. The molecule has 2 saturated heterocycles. The largest absolute Gasteiger partial charge is 0.360 e. The minimum atomic E-state index is -3.49. The van der Waals surface area contributed by atoms with Gasteiger partial charge in [0.25, 0.3) is 0 Å². The van der Waals surface area contributed by atoms with Crippen molar-refractivity contribution in [3.63, 3.8) is 0 Å². The lowest BCUT2D eigenvalue weighted by atomic mass is 10.1. The summed E-state index contributed by atoms with van der Waals surface area (Å²) in [4.78, 5) is 0.241. The molecule has 1 N–H and O–H groups in total. The molecule has 2 fully saturated rings. The summed E-state index contributed by atoms with van der Waals surface area (Å²) in [6.07, 6.45) is 3.08. The molecule has 3 rings (SSSR count). The zero-order valence-electron chi connectivity index (χ0n) is 11.6. The number of aryl methyl sites for hydroxylation is 2. The fraction of sp³-hybridized carbons (Fsp3) is 0.750. The Morgan fingerprint density at radius 2 is 1.95 bits per heavy atom. The molecular formula is C12H20ClN3O3S. The van der Waals surface area contributed by atoms with Crippen LogP contribution in [0.1, 0.15) is 30.7 Å². The first-order chi connectivity index (χ1) is 8.98. The fourth-order valence-electron chi connectivity index (χ4n) is 3.10. The molecule has 2 unspecified atom stereocenters. The predicted octanol–water partition coefficient (Wildman–Crippen LogP) is 1.23. The molecule has 1 aromatic rings. The van der Waals surface area contributed by atoms with Crippen LogP contribution in [0, 0.1) is 13.8 Å². The third-order valence-corrected chi connectivity index (χ3v) is 6.16. The van der Waals surface area contributed by atoms with Crippen molar-refractivity contribution in [2.45, 2.75) is 50.1 Å². The van der Waals surface area contributed by atoms with Gasteiger partial charge in [0.2, 0.25) is 10.0 Å². The number of hydrogen-bond acceptors (Lipinski definition) is 5. The summed E-state index contributed by atoms with van der Waals surface area (Å²) in [5.41, 5.74) is 0.444. The molecule has 1 aromatic heterocycles. The topological polar surface area (TPSA) is 75.4 Å². The van der Waals surface area contributed by atoms with E-state index in [-0.39, 0.29) is 23.3 Å². The van der Waals surface area contributed by atoms with Gasteiger partial charge in [-0.15, -0.1) is 12.4 Å². The Bertz CT molecular complexity index is 567. The Morgan fingerprint density at radius 1 is 1.25 bits per heavy atom. The molecule has 0 amide bonds. The summed E-state index contributed by atoms with van der Waals surface area (Å²) in [6.45, 7) is 4.43. The van der Waals surface area contributed by atoms with Crippen molar-refractivity contribution in [1.82, 2.24) is 14.8 Å². The molecule has 3 heterocycles. The Morgan fingerprint density at radius 3 is 2.60 bits per heavy atom. The summed E-state index contributed by atoms with van der Waals surface area (Å²) in [7, 11) is -3.49. The van der Waals surface area contributed by atoms with Crippen molar-refractivity contribution in [2.75, 3.05) is 13.1 Å². The number of rotatable bonds is 2. The van der Waals surface area contributed by atoms with Crippen LogP contribution < -0.4 is 5.32 Å². The molecule has 2 atom stereocenters. The lowest BCUT2D eigenvalue weighted by Crippen LogP contribution is -2.39. The van der Waals surface area contributed by atoms with Gasteiger partial charge in [-0.3, -0.25) is 0 Å². The van der Waals surface area contributed by atoms with E-state index < -0.39 is 10.0 Å². The second-order valence-electron chi connectivity index (χ2n) is 5.44. The number of hydrogen-bond donors (Lipinski definition) is 1. The third kappa shape index (κ3) is 2.59. The van der Waals surface area contributed by atoms with Gasteiger partial charge in [0.05, 0.1) is 0 Å². The summed E-state index contributed by atoms with van der Waals surface area (Å²) < 4.78 is 32.0. The van der Waals surface area contributed by atoms with Crippen LogP contribution in [0.5, 0.6) is 0 Å². The maximum Gasteiger partial charge on any atom is 0.248 e. The Balaban J connectivity index is 0.00000147. The van der Waals surface area contributed by atoms with Gasteiger partial charge in [-0.2, -0.15) is 4.31 Å². The SMILES string of the molecule is Cc1noc(C)c1S(=O)(=O)N1CCC2CCC(C1)N2.Cl. The first kappa shape index (κ1) is 15.8. The van der Waals surface area contributed by atoms with Gasteiger partial charge in [0.15, 0.2) is 5.76 Å². The monoisotopic (exact) mass is 321 g/mol. The van der Waals surface area contributed by atoms with E-state index in [1.807, 2.05) is 0 Å². The quantitative estimate of drug-likeness (QED) is 0.886. The Labute approximate surface area is 125 Å². The molecular weight excluding hydrogens is 302 g/mol. The lowest BCUT2D eigenvalue weighted by molar-refractivity contribution is 0.377. The summed E-state index contributed by atoms with van der Waals surface area (Å²) in [6, 6.07) is 0.748. The molecule has 6 nitrogen and oxygen atoms in total. The average molecular weight is 322 g/mol. The molecule has 0 aromatic carbocycles. The lowest BCUT2D eigenvalue weighted by Gasteiger charge is -2.23. The van der Waals surface area contributed by atoms with Gasteiger partial charge in [-0.1, -0.05) is 5.16 Å². The van der Waals surface area contributed by atoms with Crippen LogP contribution in [0.25, 0.3) is 0 Å². The molecule has 2 bridgehead atoms. The predicted molar refractivity (Wildman–Crippen MR) is 76.5 cm³/mol. The highest BCUT2D eigenvalue weighted by Crippen LogP contribution is 2.27. The highest BCUT2D eigenvalue weighted by molar-refractivity contribution is 7.89. The van der Waals surface area contributed by atoms with Crippen LogP contribution in [0.2, 0.25) is 0 Å². The number of nitrogens with one attached hydrogen (secondary N) is 1. The van der Waals surface area contributed by atoms with Gasteiger partial charge in [-0.25, -0.2) is 8.42 Å². The Hall–Kier alpha value is -0.630. The van der Waals surface area contributed by atoms with Gasteiger partial charge < -0.3 is 9.84 Å². The van der Waals surface area contributed by atoms with Crippen molar-refractivity contribution in [3.8, 4) is 0 Å². The minimum Gasteiger partial charge on any atom is -0.360 e. The minimum absolute atomic E-state index is 0. The normalized spacial score (nSPS) is 27.1. The van der Waals surface area contributed by atoms with E-state index in [2.05, 4.69) is 10.5 Å². The van der Waals surface area contributed by atoms with E-state index in [0.29, 0.717) is 30.6 Å². The highest BCUT2D eigenvalue weighted by atomic mass is 35.5. The molecule has 20 heavy (non-hydrogen) atoms. The molecule has 2 aliphatic rings. The molecule has 0 spiro atoms. The number of halogens is 1. The summed E-state index contributed by atoms with van der Waals surface area (Å²) in [5.74, 6) is 0.375. The number of fused-ring (bicyclic) bond motifs is 2. The summed E-state index contributed by atoms with van der Waals surface area (Å²) in [5, 5.41) is 7.24. The maximum atomic E-state index is 12.7. The van der Waals surface area contributed by atoms with E-state index in [1.54, 1.807) is 18.2 Å². The van der Waals surface area contributed by atoms with E-state index >= 15 is 0 Å². The molecule has 0 saturated carbocycles. The average Bonchev–Trinajstić information content (AvgIpc) is 2.81. The van der Waals surface area contributed by atoms with Crippen molar-refractivity contribution in [3.05, 3.63) is 11.5 Å². The molecule has 0 radical (unpaired) electrons. The van der Waals surface area contributed by atoms with Crippen LogP contribution in [-0.2, 0) is 10.0 Å². The van der Waals surface area contributed by atoms with Crippen LogP contribution in [0.15, 0.2) is 9.42 Å². The second-order valence-corrected chi connectivity index (χ2v) is 7.32. The van der Waals surface area contributed by atoms with E-state index in [9.17, 15) is 8.42 Å². The second kappa shape index (κ2) is 5.63. The fourth-order valence-corrected chi connectivity index (χ4v) is 4.89. The molecule has 2 aliphatic heterocycles. The van der Waals surface area contributed by atoms with Crippen LogP contribution >= 0.6 is 12.4 Å².